The lowest BCUT2D eigenvalue weighted by Gasteiger charge is -2.26. The van der Waals surface area contributed by atoms with E-state index >= 15 is 0 Å². The first-order chi connectivity index (χ1) is 20.1. The first-order valence-corrected chi connectivity index (χ1v) is 14.7. The molecular weight excluding hydrogens is 540 g/mol. The van der Waals surface area contributed by atoms with E-state index in [-0.39, 0.29) is 17.0 Å². The fourth-order valence-corrected chi connectivity index (χ4v) is 6.49. The highest BCUT2D eigenvalue weighted by Gasteiger charge is 2.42. The Kier molecular flexibility index (Phi) is 8.00. The Morgan fingerprint density at radius 1 is 1.02 bits per heavy atom. The van der Waals surface area contributed by atoms with Crippen LogP contribution >= 0.6 is 11.6 Å². The summed E-state index contributed by atoms with van der Waals surface area (Å²) in [6, 6.07) is 14.3. The lowest BCUT2D eigenvalue weighted by Crippen LogP contribution is -2.25. The van der Waals surface area contributed by atoms with Crippen molar-refractivity contribution in [2.75, 3.05) is 11.4 Å². The lowest BCUT2D eigenvalue weighted by molar-refractivity contribution is 0.0962. The van der Waals surface area contributed by atoms with Crippen molar-refractivity contribution in [3.05, 3.63) is 146 Å². The Morgan fingerprint density at radius 2 is 1.76 bits per heavy atom. The lowest BCUT2D eigenvalue weighted by atomic mass is 9.83. The number of likely N-dealkylation sites (N-methyl/N-ethyl adjacent to an activating group) is 1. The molecule has 3 heterocycles. The van der Waals surface area contributed by atoms with Gasteiger partial charge in [0.15, 0.2) is 0 Å². The van der Waals surface area contributed by atoms with Crippen molar-refractivity contribution in [1.29, 1.82) is 0 Å². The minimum atomic E-state index is -0.753. The zero-order chi connectivity index (χ0) is 30.1. The summed E-state index contributed by atoms with van der Waals surface area (Å²) < 4.78 is 6.24. The number of anilines is 1. The Morgan fingerprint density at radius 3 is 2.45 bits per heavy atom. The molecule has 1 aliphatic carbocycles. The average molecular weight is 575 g/mol. The van der Waals surface area contributed by atoms with Crippen molar-refractivity contribution < 1.29 is 4.74 Å². The summed E-state index contributed by atoms with van der Waals surface area (Å²) in [5.41, 5.74) is 7.43. The third kappa shape index (κ3) is 5.11. The maximum Gasteiger partial charge on any atom is 0.562 e. The van der Waals surface area contributed by atoms with Crippen molar-refractivity contribution >= 4 is 22.9 Å². The summed E-state index contributed by atoms with van der Waals surface area (Å²) in [7, 11) is 0. The van der Waals surface area contributed by atoms with Crippen molar-refractivity contribution in [1.82, 2.24) is 4.98 Å². The molecule has 2 aliphatic heterocycles. The number of benzene rings is 1. The van der Waals surface area contributed by atoms with Crippen molar-refractivity contribution in [2.24, 2.45) is 0 Å². The van der Waals surface area contributed by atoms with Crippen LogP contribution in [0.5, 0.6) is 0 Å². The van der Waals surface area contributed by atoms with Gasteiger partial charge in [0.05, 0.1) is 5.69 Å². The number of hydrogen-bond donors (Lipinski definition) is 0. The minimum absolute atomic E-state index is 0.0968. The molecule has 0 amide bonds. The Bertz CT molecular complexity index is 1670. The number of halogens is 1. The maximum atomic E-state index is 7.55. The molecule has 6 heteroatoms. The topological polar surface area (TPSA) is 34.1 Å². The summed E-state index contributed by atoms with van der Waals surface area (Å²) in [6.07, 6.45) is 13.0. The maximum absolute atomic E-state index is 7.55. The number of aromatic nitrogens is 1. The molecule has 212 valence electrons. The Hall–Kier alpha value is -4.32. The molecule has 1 aromatic carbocycles. The average Bonchev–Trinajstić information content (AvgIpc) is 3.38. The Balaban J connectivity index is 1.55. The molecule has 5 nitrogen and oxygen atoms in total. The minimum Gasteiger partial charge on any atom is -0.486 e. The molecule has 0 unspecified atom stereocenters. The van der Waals surface area contributed by atoms with E-state index in [4.69, 9.17) is 29.5 Å². The van der Waals surface area contributed by atoms with E-state index < -0.39 is 5.60 Å². The van der Waals surface area contributed by atoms with Crippen LogP contribution in [0.4, 0.5) is 5.69 Å². The number of pyridine rings is 1. The van der Waals surface area contributed by atoms with E-state index in [1.165, 1.54) is 16.9 Å². The van der Waals surface area contributed by atoms with Gasteiger partial charge in [-0.2, -0.15) is 9.69 Å². The largest absolute Gasteiger partial charge is 0.562 e. The van der Waals surface area contributed by atoms with Crippen molar-refractivity contribution in [2.45, 2.75) is 64.9 Å². The summed E-state index contributed by atoms with van der Waals surface area (Å²) >= 11 is 7.07. The zero-order valence-electron chi connectivity index (χ0n) is 24.8. The fraction of sp³-hybridized carbons (Fsp3) is 0.306. The van der Waals surface area contributed by atoms with Gasteiger partial charge in [-0.25, -0.2) is 0 Å². The van der Waals surface area contributed by atoms with Crippen LogP contribution in [-0.2, 0) is 10.2 Å². The smallest absolute Gasteiger partial charge is 0.486 e. The van der Waals surface area contributed by atoms with E-state index in [1.54, 1.807) is 6.20 Å². The highest BCUT2D eigenvalue weighted by atomic mass is 35.5. The Labute approximate surface area is 254 Å². The second-order valence-electron chi connectivity index (χ2n) is 11.6. The zero-order valence-corrected chi connectivity index (χ0v) is 25.6. The molecule has 0 bridgehead atoms. The van der Waals surface area contributed by atoms with E-state index in [2.05, 4.69) is 82.8 Å². The van der Waals surface area contributed by atoms with Gasteiger partial charge in [-0.15, -0.1) is 0 Å². The second kappa shape index (κ2) is 11.5. The third-order valence-corrected chi connectivity index (χ3v) is 8.79. The number of fused-ring (bicyclic) bond motifs is 1. The SMILES string of the molecule is [C-]#[N+]C([N+]#[C-])=C1OC(C)(C)C(/C=C/C2=C(Cl)C(=C/C=C3\N(CC)c4ccccc4C3(C)C)/CCC2)=C1c1ccccn1. The van der Waals surface area contributed by atoms with Gasteiger partial charge in [0.25, 0.3) is 0 Å². The van der Waals surface area contributed by atoms with Gasteiger partial charge in [-0.05, 0) is 81.0 Å². The molecule has 0 atom stereocenters. The van der Waals surface area contributed by atoms with Crippen molar-refractivity contribution in [3.8, 4) is 0 Å². The van der Waals surface area contributed by atoms with Gasteiger partial charge in [0.1, 0.15) is 18.7 Å². The predicted molar refractivity (Wildman–Crippen MR) is 171 cm³/mol. The monoisotopic (exact) mass is 574 g/mol. The number of allylic oxidation sites excluding steroid dienone is 8. The van der Waals surface area contributed by atoms with Crippen LogP contribution in [0.15, 0.2) is 112 Å². The third-order valence-electron chi connectivity index (χ3n) is 8.30. The number of nitrogens with zero attached hydrogens (tertiary/aromatic N) is 4. The predicted octanol–water partition coefficient (Wildman–Crippen LogP) is 9.51. The van der Waals surface area contributed by atoms with Crippen LogP contribution in [0.25, 0.3) is 15.3 Å². The number of rotatable bonds is 5. The molecule has 1 aromatic heterocycles. The molecule has 0 saturated carbocycles. The molecule has 3 aliphatic rings. The molecule has 0 saturated heterocycles. The van der Waals surface area contributed by atoms with Gasteiger partial charge in [-0.3, -0.25) is 4.98 Å². The summed E-state index contributed by atoms with van der Waals surface area (Å²) in [5.74, 6) is 0.179. The van der Waals surface area contributed by atoms with E-state index in [0.29, 0.717) is 11.3 Å². The van der Waals surface area contributed by atoms with Crippen LogP contribution in [-0.4, -0.2) is 17.1 Å². The second-order valence-corrected chi connectivity index (χ2v) is 12.0. The highest BCUT2D eigenvalue weighted by molar-refractivity contribution is 6.32. The van der Waals surface area contributed by atoms with Crippen LogP contribution in [0, 0.1) is 13.1 Å². The fourth-order valence-electron chi connectivity index (χ4n) is 6.17. The molecular formula is C36H35ClN4O. The van der Waals surface area contributed by atoms with E-state index in [9.17, 15) is 0 Å². The summed E-state index contributed by atoms with van der Waals surface area (Å²) in [6.45, 7) is 26.6. The number of ether oxygens (including phenoxy) is 1. The number of para-hydroxylation sites is 1. The molecule has 42 heavy (non-hydrogen) atoms. The van der Waals surface area contributed by atoms with Crippen LogP contribution in [0.1, 0.15) is 65.1 Å². The van der Waals surface area contributed by atoms with E-state index in [0.717, 1.165) is 47.6 Å². The molecule has 5 rings (SSSR count). The van der Waals surface area contributed by atoms with E-state index in [1.807, 2.05) is 38.1 Å². The van der Waals surface area contributed by atoms with Gasteiger partial charge < -0.3 is 9.64 Å². The molecule has 2 aromatic rings. The summed E-state index contributed by atoms with van der Waals surface area (Å²) in [4.78, 5) is 13.8. The molecule has 0 radical (unpaired) electrons. The van der Waals surface area contributed by atoms with Crippen LogP contribution < -0.4 is 4.90 Å². The number of hydrogen-bond acceptors (Lipinski definition) is 3. The van der Waals surface area contributed by atoms with Gasteiger partial charge in [-0.1, -0.05) is 67.9 Å². The normalized spacial score (nSPS) is 21.1. The van der Waals surface area contributed by atoms with Crippen LogP contribution in [0.3, 0.4) is 0 Å². The van der Waals surface area contributed by atoms with Gasteiger partial charge in [0, 0.05) is 45.7 Å². The molecule has 0 N–H and O–H groups in total. The highest BCUT2D eigenvalue weighted by Crippen LogP contribution is 2.48. The molecule has 0 spiro atoms. The first-order valence-electron chi connectivity index (χ1n) is 14.3. The van der Waals surface area contributed by atoms with Crippen molar-refractivity contribution in [3.63, 3.8) is 0 Å². The van der Waals surface area contributed by atoms with Gasteiger partial charge in [0.2, 0.25) is 5.76 Å². The standard InChI is InChI=1S/C36H35ClN4O/c1-8-41-29-18-10-9-16-26(29)35(2,3)30(41)22-20-25-15-13-14-24(32(25)37)19-21-27-31(28-17-11-12-23-40-28)33(34(38-6)39-7)42-36(27,4)5/h9-12,16-23H,8,13-15H2,1-5H3/b21-19+,25-20+,30-22-. The van der Waals surface area contributed by atoms with Crippen LogP contribution in [0.2, 0.25) is 0 Å². The quantitative estimate of drug-likeness (QED) is 0.333. The summed E-state index contributed by atoms with van der Waals surface area (Å²) in [5, 5.41) is 0.779. The van der Waals surface area contributed by atoms with Gasteiger partial charge >= 0.3 is 5.82 Å². The molecule has 0 fully saturated rings. The first kappa shape index (κ1) is 29.2.